The Morgan fingerprint density at radius 3 is 2.36 bits per heavy atom. The van der Waals surface area contributed by atoms with Crippen molar-refractivity contribution in [3.8, 4) is 11.5 Å². The number of nitrogens with zero attached hydrogens (tertiary/aromatic N) is 1. The molecule has 1 heterocycles. The summed E-state index contributed by atoms with van der Waals surface area (Å²) in [5.74, 6) is 0.981. The molecule has 7 heteroatoms. The molecule has 7 nitrogen and oxygen atoms in total. The molecule has 0 bridgehead atoms. The van der Waals surface area contributed by atoms with Crippen LogP contribution in [0, 0.1) is 13.8 Å². The van der Waals surface area contributed by atoms with E-state index in [1.807, 2.05) is 26.0 Å². The zero-order valence-corrected chi connectivity index (χ0v) is 16.5. The Bertz CT molecular complexity index is 877. The second kappa shape index (κ2) is 8.21. The number of carbonyl (C=O) groups excluding carboxylic acids is 2. The van der Waals surface area contributed by atoms with Gasteiger partial charge in [0.15, 0.2) is 11.5 Å². The van der Waals surface area contributed by atoms with Crippen molar-refractivity contribution in [3.63, 3.8) is 0 Å². The van der Waals surface area contributed by atoms with Gasteiger partial charge >= 0.3 is 6.03 Å². The van der Waals surface area contributed by atoms with Crippen LogP contribution in [0.15, 0.2) is 36.4 Å². The van der Waals surface area contributed by atoms with Gasteiger partial charge in [-0.25, -0.2) is 4.79 Å². The third kappa shape index (κ3) is 4.19. The molecule has 2 N–H and O–H groups in total. The summed E-state index contributed by atoms with van der Waals surface area (Å²) in [5, 5.41) is 5.49. The van der Waals surface area contributed by atoms with E-state index in [0.29, 0.717) is 30.2 Å². The Morgan fingerprint density at radius 1 is 1.04 bits per heavy atom. The molecule has 1 aliphatic rings. The lowest BCUT2D eigenvalue weighted by Crippen LogP contribution is -2.43. The summed E-state index contributed by atoms with van der Waals surface area (Å²) in [4.78, 5) is 26.8. The van der Waals surface area contributed by atoms with Crippen LogP contribution in [0.3, 0.4) is 0 Å². The summed E-state index contributed by atoms with van der Waals surface area (Å²) < 4.78 is 10.4. The number of aryl methyl sites for hydroxylation is 2. The summed E-state index contributed by atoms with van der Waals surface area (Å²) in [5.41, 5.74) is 3.62. The van der Waals surface area contributed by atoms with Gasteiger partial charge in [0.2, 0.25) is 5.91 Å². The van der Waals surface area contributed by atoms with E-state index in [0.717, 1.165) is 16.8 Å². The lowest BCUT2D eigenvalue weighted by Gasteiger charge is -2.19. The molecule has 148 valence electrons. The number of urea groups is 1. The highest BCUT2D eigenvalue weighted by atomic mass is 16.5. The van der Waals surface area contributed by atoms with Crippen LogP contribution in [0.25, 0.3) is 0 Å². The number of ether oxygens (including phenoxy) is 2. The number of benzene rings is 2. The van der Waals surface area contributed by atoms with Gasteiger partial charge < -0.3 is 25.0 Å². The lowest BCUT2D eigenvalue weighted by molar-refractivity contribution is -0.118. The Balaban J connectivity index is 1.64. The van der Waals surface area contributed by atoms with Gasteiger partial charge in [0.1, 0.15) is 6.04 Å². The molecule has 0 spiro atoms. The maximum Gasteiger partial charge on any atom is 0.319 e. The quantitative estimate of drug-likeness (QED) is 0.831. The van der Waals surface area contributed by atoms with Gasteiger partial charge in [0.25, 0.3) is 0 Å². The number of rotatable bonds is 5. The fourth-order valence-corrected chi connectivity index (χ4v) is 3.42. The molecule has 28 heavy (non-hydrogen) atoms. The monoisotopic (exact) mass is 383 g/mol. The molecule has 1 atom stereocenters. The molecule has 1 fully saturated rings. The predicted molar refractivity (Wildman–Crippen MR) is 108 cm³/mol. The summed E-state index contributed by atoms with van der Waals surface area (Å²) in [7, 11) is 3.07. The van der Waals surface area contributed by atoms with Gasteiger partial charge in [-0.05, 0) is 55.7 Å². The summed E-state index contributed by atoms with van der Waals surface area (Å²) in [6, 6.07) is 10.1. The van der Waals surface area contributed by atoms with Crippen LogP contribution in [-0.4, -0.2) is 38.7 Å². The van der Waals surface area contributed by atoms with Gasteiger partial charge in [-0.3, -0.25) is 4.79 Å². The number of amides is 3. The Labute approximate surface area is 164 Å². The molecular formula is C21H25N3O4. The summed E-state index contributed by atoms with van der Waals surface area (Å²) in [6.45, 7) is 4.58. The van der Waals surface area contributed by atoms with E-state index in [1.54, 1.807) is 30.2 Å². The molecule has 0 saturated carbocycles. The third-order valence-electron chi connectivity index (χ3n) is 4.67. The molecule has 0 aromatic heterocycles. The zero-order valence-electron chi connectivity index (χ0n) is 16.5. The molecule has 1 aliphatic heterocycles. The minimum absolute atomic E-state index is 0.104. The molecule has 2 aromatic rings. The molecule has 0 radical (unpaired) electrons. The topological polar surface area (TPSA) is 79.9 Å². The highest BCUT2D eigenvalue weighted by Gasteiger charge is 2.33. The Kier molecular flexibility index (Phi) is 5.73. The van der Waals surface area contributed by atoms with Crippen molar-refractivity contribution >= 4 is 23.3 Å². The van der Waals surface area contributed by atoms with Crippen LogP contribution in [-0.2, 0) is 4.79 Å². The van der Waals surface area contributed by atoms with Crippen LogP contribution in [0.4, 0.5) is 16.2 Å². The predicted octanol–water partition coefficient (Wildman–Crippen LogP) is 3.25. The first-order valence-electron chi connectivity index (χ1n) is 9.10. The molecule has 3 amide bonds. The molecule has 2 aromatic carbocycles. The van der Waals surface area contributed by atoms with Gasteiger partial charge in [-0.2, -0.15) is 0 Å². The minimum atomic E-state index is -0.555. The second-order valence-electron chi connectivity index (χ2n) is 6.85. The van der Waals surface area contributed by atoms with E-state index in [9.17, 15) is 9.59 Å². The molecule has 3 rings (SSSR count). The van der Waals surface area contributed by atoms with Crippen LogP contribution in [0.2, 0.25) is 0 Å². The molecule has 1 saturated heterocycles. The van der Waals surface area contributed by atoms with Gasteiger partial charge in [-0.15, -0.1) is 0 Å². The van der Waals surface area contributed by atoms with Crippen molar-refractivity contribution in [3.05, 3.63) is 47.5 Å². The molecule has 0 unspecified atom stereocenters. The Morgan fingerprint density at radius 2 is 1.71 bits per heavy atom. The number of anilines is 2. The van der Waals surface area contributed by atoms with E-state index < -0.39 is 12.1 Å². The maximum atomic E-state index is 12.7. The van der Waals surface area contributed by atoms with Crippen molar-refractivity contribution in [1.29, 1.82) is 0 Å². The first-order valence-corrected chi connectivity index (χ1v) is 9.10. The van der Waals surface area contributed by atoms with E-state index >= 15 is 0 Å². The fraction of sp³-hybridized carbons (Fsp3) is 0.333. The van der Waals surface area contributed by atoms with Gasteiger partial charge in [0.05, 0.1) is 14.2 Å². The lowest BCUT2D eigenvalue weighted by atomic mass is 10.1. The summed E-state index contributed by atoms with van der Waals surface area (Å²) in [6.07, 6.45) is 0.561. The zero-order chi connectivity index (χ0) is 20.3. The maximum absolute atomic E-state index is 12.7. The van der Waals surface area contributed by atoms with E-state index in [4.69, 9.17) is 9.47 Å². The normalized spacial score (nSPS) is 16.1. The largest absolute Gasteiger partial charge is 0.493 e. The smallest absolute Gasteiger partial charge is 0.319 e. The van der Waals surface area contributed by atoms with Crippen molar-refractivity contribution in [2.45, 2.75) is 26.3 Å². The average Bonchev–Trinajstić information content (AvgIpc) is 3.01. The average molecular weight is 383 g/mol. The number of hydrogen-bond donors (Lipinski definition) is 2. The van der Waals surface area contributed by atoms with Gasteiger partial charge in [0, 0.05) is 24.0 Å². The van der Waals surface area contributed by atoms with Crippen LogP contribution >= 0.6 is 0 Å². The first-order chi connectivity index (χ1) is 13.4. The standard InChI is InChI=1S/C21H25N3O4/c1-13-9-14(2)11-16(10-13)24-8-7-17(20(24)25)23-21(26)22-15-5-6-18(27-3)19(12-15)28-4/h5-6,9-12,17H,7-8H2,1-4H3,(H2,22,23,26)/t17-/m1/s1. The van der Waals surface area contributed by atoms with Gasteiger partial charge in [-0.1, -0.05) is 6.07 Å². The Hall–Kier alpha value is -3.22. The highest BCUT2D eigenvalue weighted by molar-refractivity contribution is 6.02. The number of nitrogens with one attached hydrogen (secondary N) is 2. The van der Waals surface area contributed by atoms with Crippen molar-refractivity contribution in [2.24, 2.45) is 0 Å². The van der Waals surface area contributed by atoms with Crippen molar-refractivity contribution in [2.75, 3.05) is 31.0 Å². The number of carbonyl (C=O) groups is 2. The van der Waals surface area contributed by atoms with Crippen molar-refractivity contribution in [1.82, 2.24) is 5.32 Å². The number of hydrogen-bond acceptors (Lipinski definition) is 4. The first kappa shape index (κ1) is 19.5. The third-order valence-corrected chi connectivity index (χ3v) is 4.67. The van der Waals surface area contributed by atoms with Crippen LogP contribution < -0.4 is 25.0 Å². The number of methoxy groups -OCH3 is 2. The molecular weight excluding hydrogens is 358 g/mol. The van der Waals surface area contributed by atoms with Crippen molar-refractivity contribution < 1.29 is 19.1 Å². The van der Waals surface area contributed by atoms with E-state index in [2.05, 4.69) is 16.7 Å². The van der Waals surface area contributed by atoms with E-state index in [-0.39, 0.29) is 5.91 Å². The second-order valence-corrected chi connectivity index (χ2v) is 6.85. The molecule has 0 aliphatic carbocycles. The highest BCUT2D eigenvalue weighted by Crippen LogP contribution is 2.30. The fourth-order valence-electron chi connectivity index (χ4n) is 3.42. The summed E-state index contributed by atoms with van der Waals surface area (Å²) >= 11 is 0. The minimum Gasteiger partial charge on any atom is -0.493 e. The van der Waals surface area contributed by atoms with Crippen LogP contribution in [0.1, 0.15) is 17.5 Å². The SMILES string of the molecule is COc1ccc(NC(=O)N[C@@H]2CCN(c3cc(C)cc(C)c3)C2=O)cc1OC. The van der Waals surface area contributed by atoms with Crippen LogP contribution in [0.5, 0.6) is 11.5 Å². The van der Waals surface area contributed by atoms with E-state index in [1.165, 1.54) is 7.11 Å².